The summed E-state index contributed by atoms with van der Waals surface area (Å²) in [5, 5.41) is 13.0. The average Bonchev–Trinajstić information content (AvgIpc) is 2.59. The molecular formula is C20H29NO2. The number of ether oxygens (including phenoxy) is 1. The van der Waals surface area contributed by atoms with Crippen molar-refractivity contribution in [1.82, 2.24) is 4.90 Å². The van der Waals surface area contributed by atoms with E-state index in [0.29, 0.717) is 0 Å². The lowest BCUT2D eigenvalue weighted by Crippen LogP contribution is -2.35. The molecule has 0 aliphatic rings. The summed E-state index contributed by atoms with van der Waals surface area (Å²) in [6, 6.07) is 12.6. The lowest BCUT2D eigenvalue weighted by atomic mass is 9.89. The number of hydrogen-bond acceptors (Lipinski definition) is 3. The molecule has 0 fully saturated rings. The summed E-state index contributed by atoms with van der Waals surface area (Å²) < 4.78 is 5.28. The number of benzene rings is 2. The van der Waals surface area contributed by atoms with Crippen molar-refractivity contribution in [1.29, 1.82) is 0 Å². The minimum atomic E-state index is -0.337. The van der Waals surface area contributed by atoms with Crippen molar-refractivity contribution in [3.8, 4) is 5.75 Å². The standard InChI is InChI=1S/C20H29NO2/c1-5-19(20(22)14-21(6-2)7-3)17-9-8-16-13-18(23-4)11-10-15(16)12-17/h8-13,19-20,22H,5-7,14H2,1-4H3. The zero-order chi connectivity index (χ0) is 16.8. The summed E-state index contributed by atoms with van der Waals surface area (Å²) in [6.45, 7) is 9.10. The maximum absolute atomic E-state index is 10.7. The van der Waals surface area contributed by atoms with Gasteiger partial charge < -0.3 is 14.7 Å². The first kappa shape index (κ1) is 17.8. The Balaban J connectivity index is 2.25. The van der Waals surface area contributed by atoms with Gasteiger partial charge in [-0.2, -0.15) is 0 Å². The van der Waals surface area contributed by atoms with Crippen molar-refractivity contribution in [2.24, 2.45) is 0 Å². The molecule has 0 aliphatic carbocycles. The predicted molar refractivity (Wildman–Crippen MR) is 97.3 cm³/mol. The molecule has 0 bridgehead atoms. The third-order valence-electron chi connectivity index (χ3n) is 4.74. The Morgan fingerprint density at radius 1 is 1.00 bits per heavy atom. The molecular weight excluding hydrogens is 286 g/mol. The number of likely N-dealkylation sites (N-methyl/N-ethyl adjacent to an activating group) is 1. The molecule has 0 radical (unpaired) electrons. The fourth-order valence-corrected chi connectivity index (χ4v) is 3.20. The van der Waals surface area contributed by atoms with Crippen LogP contribution in [0.1, 0.15) is 38.7 Å². The lowest BCUT2D eigenvalue weighted by molar-refractivity contribution is 0.0926. The fourth-order valence-electron chi connectivity index (χ4n) is 3.20. The first-order chi connectivity index (χ1) is 11.1. The van der Waals surface area contributed by atoms with E-state index in [-0.39, 0.29) is 12.0 Å². The second kappa shape index (κ2) is 8.32. The van der Waals surface area contributed by atoms with E-state index in [1.165, 1.54) is 16.3 Å². The largest absolute Gasteiger partial charge is 0.497 e. The van der Waals surface area contributed by atoms with Crippen LogP contribution in [0.4, 0.5) is 0 Å². The molecule has 0 spiro atoms. The van der Waals surface area contributed by atoms with E-state index >= 15 is 0 Å². The number of rotatable bonds is 8. The summed E-state index contributed by atoms with van der Waals surface area (Å²) in [7, 11) is 1.69. The van der Waals surface area contributed by atoms with E-state index in [1.807, 2.05) is 12.1 Å². The Morgan fingerprint density at radius 2 is 1.65 bits per heavy atom. The van der Waals surface area contributed by atoms with Crippen molar-refractivity contribution < 1.29 is 9.84 Å². The van der Waals surface area contributed by atoms with E-state index in [2.05, 4.69) is 49.9 Å². The Morgan fingerprint density at radius 3 is 2.26 bits per heavy atom. The van der Waals surface area contributed by atoms with E-state index in [1.54, 1.807) is 7.11 Å². The third kappa shape index (κ3) is 4.24. The predicted octanol–water partition coefficient (Wildman–Crippen LogP) is 4.04. The number of aliphatic hydroxyl groups is 1. The van der Waals surface area contributed by atoms with Crippen LogP contribution in [0, 0.1) is 0 Å². The van der Waals surface area contributed by atoms with E-state index < -0.39 is 0 Å². The summed E-state index contributed by atoms with van der Waals surface area (Å²) >= 11 is 0. The van der Waals surface area contributed by atoms with Crippen LogP contribution in [0.15, 0.2) is 36.4 Å². The third-order valence-corrected chi connectivity index (χ3v) is 4.74. The van der Waals surface area contributed by atoms with Crippen LogP contribution in [-0.4, -0.2) is 42.9 Å². The van der Waals surface area contributed by atoms with E-state index in [4.69, 9.17) is 4.74 Å². The summed E-state index contributed by atoms with van der Waals surface area (Å²) in [5.41, 5.74) is 1.21. The lowest BCUT2D eigenvalue weighted by Gasteiger charge is -2.28. The highest BCUT2D eigenvalue weighted by atomic mass is 16.5. The molecule has 0 heterocycles. The minimum absolute atomic E-state index is 0.169. The molecule has 2 unspecified atom stereocenters. The van der Waals surface area contributed by atoms with Gasteiger partial charge in [0.15, 0.2) is 0 Å². The first-order valence-corrected chi connectivity index (χ1v) is 8.61. The van der Waals surface area contributed by atoms with Crippen molar-refractivity contribution in [3.05, 3.63) is 42.0 Å². The van der Waals surface area contributed by atoms with Crippen LogP contribution in [0.2, 0.25) is 0 Å². The number of methoxy groups -OCH3 is 1. The van der Waals surface area contributed by atoms with Crippen LogP contribution >= 0.6 is 0 Å². The van der Waals surface area contributed by atoms with Gasteiger partial charge in [-0.15, -0.1) is 0 Å². The zero-order valence-electron chi connectivity index (χ0n) is 14.7. The molecule has 0 saturated heterocycles. The van der Waals surface area contributed by atoms with Gasteiger partial charge in [0.1, 0.15) is 5.75 Å². The molecule has 0 amide bonds. The Bertz CT molecular complexity index is 622. The maximum atomic E-state index is 10.7. The summed E-state index contributed by atoms with van der Waals surface area (Å²) in [6.07, 6.45) is 0.597. The van der Waals surface area contributed by atoms with Gasteiger partial charge in [0.05, 0.1) is 13.2 Å². The highest BCUT2D eigenvalue weighted by molar-refractivity contribution is 5.84. The maximum Gasteiger partial charge on any atom is 0.119 e. The summed E-state index contributed by atoms with van der Waals surface area (Å²) in [4.78, 5) is 2.28. The van der Waals surface area contributed by atoms with Gasteiger partial charge in [0.25, 0.3) is 0 Å². The quantitative estimate of drug-likeness (QED) is 0.798. The first-order valence-electron chi connectivity index (χ1n) is 8.61. The van der Waals surface area contributed by atoms with E-state index in [0.717, 1.165) is 31.8 Å². The molecule has 2 rings (SSSR count). The highest BCUT2D eigenvalue weighted by Gasteiger charge is 2.21. The molecule has 1 N–H and O–H groups in total. The normalized spacial score (nSPS) is 14.2. The number of hydrogen-bond donors (Lipinski definition) is 1. The van der Waals surface area contributed by atoms with Crippen LogP contribution in [-0.2, 0) is 0 Å². The Kier molecular flexibility index (Phi) is 6.43. The zero-order valence-corrected chi connectivity index (χ0v) is 14.7. The fraction of sp³-hybridized carbons (Fsp3) is 0.500. The van der Waals surface area contributed by atoms with Crippen molar-refractivity contribution in [2.75, 3.05) is 26.7 Å². The molecule has 0 aliphatic heterocycles. The monoisotopic (exact) mass is 315 g/mol. The molecule has 2 aromatic carbocycles. The van der Waals surface area contributed by atoms with Gasteiger partial charge in [-0.1, -0.05) is 45.0 Å². The number of nitrogens with zero attached hydrogens (tertiary/aromatic N) is 1. The van der Waals surface area contributed by atoms with Crippen molar-refractivity contribution in [2.45, 2.75) is 39.2 Å². The van der Waals surface area contributed by atoms with Crippen LogP contribution in [0.5, 0.6) is 5.75 Å². The van der Waals surface area contributed by atoms with Crippen LogP contribution < -0.4 is 4.74 Å². The van der Waals surface area contributed by atoms with Gasteiger partial charge in [0, 0.05) is 12.5 Å². The second-order valence-electron chi connectivity index (χ2n) is 6.04. The van der Waals surface area contributed by atoms with Crippen molar-refractivity contribution >= 4 is 10.8 Å². The van der Waals surface area contributed by atoms with Gasteiger partial charge in [0.2, 0.25) is 0 Å². The Labute approximate surface area is 139 Å². The molecule has 23 heavy (non-hydrogen) atoms. The summed E-state index contributed by atoms with van der Waals surface area (Å²) in [5.74, 6) is 1.04. The molecule has 2 atom stereocenters. The SMILES string of the molecule is CCC(c1ccc2cc(OC)ccc2c1)C(O)CN(CC)CC. The second-order valence-corrected chi connectivity index (χ2v) is 6.04. The van der Waals surface area contributed by atoms with Crippen molar-refractivity contribution in [3.63, 3.8) is 0 Å². The van der Waals surface area contributed by atoms with Gasteiger partial charge in [-0.25, -0.2) is 0 Å². The molecule has 3 heteroatoms. The van der Waals surface area contributed by atoms with Gasteiger partial charge in [-0.3, -0.25) is 0 Å². The topological polar surface area (TPSA) is 32.7 Å². The minimum Gasteiger partial charge on any atom is -0.497 e. The van der Waals surface area contributed by atoms with Crippen LogP contribution in [0.3, 0.4) is 0 Å². The molecule has 126 valence electrons. The molecule has 2 aromatic rings. The molecule has 3 nitrogen and oxygen atoms in total. The molecule has 0 aromatic heterocycles. The van der Waals surface area contributed by atoms with Gasteiger partial charge in [-0.05, 0) is 48.0 Å². The number of aliphatic hydroxyl groups excluding tert-OH is 1. The smallest absolute Gasteiger partial charge is 0.119 e. The van der Waals surface area contributed by atoms with E-state index in [9.17, 15) is 5.11 Å². The van der Waals surface area contributed by atoms with Gasteiger partial charge >= 0.3 is 0 Å². The Hall–Kier alpha value is -1.58. The van der Waals surface area contributed by atoms with Crippen LogP contribution in [0.25, 0.3) is 10.8 Å². The average molecular weight is 315 g/mol. The molecule has 0 saturated carbocycles. The number of fused-ring (bicyclic) bond motifs is 1. The highest BCUT2D eigenvalue weighted by Crippen LogP contribution is 2.29.